The quantitative estimate of drug-likeness (QED) is 0.809. The van der Waals surface area contributed by atoms with Crippen molar-refractivity contribution in [2.24, 2.45) is 0 Å². The average Bonchev–Trinajstić information content (AvgIpc) is 3.02. The van der Waals surface area contributed by atoms with Crippen LogP contribution in [0.15, 0.2) is 12.4 Å². The van der Waals surface area contributed by atoms with Gasteiger partial charge in [-0.05, 0) is 32.6 Å². The summed E-state index contributed by atoms with van der Waals surface area (Å²) in [6.07, 6.45) is 1.13. The Morgan fingerprint density at radius 2 is 2.15 bits per heavy atom. The lowest BCUT2D eigenvalue weighted by Crippen LogP contribution is -2.47. The van der Waals surface area contributed by atoms with Gasteiger partial charge in [-0.25, -0.2) is 0 Å². The number of hydrogen-bond acceptors (Lipinski definition) is 3. The number of aryl methyl sites for hydroxylation is 1. The zero-order valence-corrected chi connectivity index (χ0v) is 11.5. The number of alkyl halides is 3. The van der Waals surface area contributed by atoms with E-state index >= 15 is 0 Å². The van der Waals surface area contributed by atoms with Crippen molar-refractivity contribution in [1.29, 1.82) is 0 Å². The summed E-state index contributed by atoms with van der Waals surface area (Å²) >= 11 is 0. The van der Waals surface area contributed by atoms with E-state index in [1.807, 2.05) is 6.92 Å². The minimum Gasteiger partial charge on any atom is -0.394 e. The Labute approximate surface area is 116 Å². The number of nitrogens with zero attached hydrogens (tertiary/aromatic N) is 2. The van der Waals surface area contributed by atoms with Crippen LogP contribution in [0.3, 0.4) is 0 Å². The van der Waals surface area contributed by atoms with Crippen molar-refractivity contribution in [3.05, 3.63) is 18.0 Å². The molecule has 2 rings (SSSR count). The lowest BCUT2D eigenvalue weighted by molar-refractivity contribution is -0.137. The summed E-state index contributed by atoms with van der Waals surface area (Å²) in [6, 6.07) is 0.480. The zero-order chi connectivity index (χ0) is 14.8. The molecule has 1 atom stereocenters. The van der Waals surface area contributed by atoms with E-state index in [0.29, 0.717) is 25.4 Å². The molecule has 114 valence electrons. The first-order valence-electron chi connectivity index (χ1n) is 6.81. The molecule has 0 amide bonds. The van der Waals surface area contributed by atoms with Crippen LogP contribution in [-0.2, 0) is 12.7 Å². The summed E-state index contributed by atoms with van der Waals surface area (Å²) in [5.74, 6) is 0. The largest absolute Gasteiger partial charge is 0.419 e. The van der Waals surface area contributed by atoms with E-state index in [2.05, 4.69) is 10.4 Å². The highest BCUT2D eigenvalue weighted by Crippen LogP contribution is 2.28. The van der Waals surface area contributed by atoms with Gasteiger partial charge in [0.05, 0.1) is 18.4 Å². The fourth-order valence-corrected chi connectivity index (χ4v) is 2.18. The molecule has 1 aliphatic rings. The summed E-state index contributed by atoms with van der Waals surface area (Å²) in [5, 5.41) is 16.5. The number of rotatable bonds is 7. The van der Waals surface area contributed by atoms with Crippen LogP contribution in [0, 0.1) is 0 Å². The molecule has 1 fully saturated rings. The maximum absolute atomic E-state index is 12.4. The Morgan fingerprint density at radius 1 is 1.45 bits per heavy atom. The van der Waals surface area contributed by atoms with Gasteiger partial charge in [-0.1, -0.05) is 0 Å². The third-order valence-electron chi connectivity index (χ3n) is 3.56. The monoisotopic (exact) mass is 291 g/mol. The van der Waals surface area contributed by atoms with Gasteiger partial charge in [-0.15, -0.1) is 0 Å². The zero-order valence-electron chi connectivity index (χ0n) is 11.5. The summed E-state index contributed by atoms with van der Waals surface area (Å²) in [5.41, 5.74) is -1.08. The fraction of sp³-hybridized carbons (Fsp3) is 0.769. The molecule has 0 aromatic carbocycles. The number of nitrogens with one attached hydrogen (secondary N) is 1. The molecule has 0 saturated heterocycles. The Hall–Kier alpha value is -1.08. The maximum atomic E-state index is 12.4. The molecule has 1 aromatic rings. The van der Waals surface area contributed by atoms with Gasteiger partial charge in [0, 0.05) is 24.3 Å². The predicted octanol–water partition coefficient (Wildman–Crippen LogP) is 2.19. The molecule has 0 spiro atoms. The summed E-state index contributed by atoms with van der Waals surface area (Å²) in [4.78, 5) is 0. The molecule has 1 unspecified atom stereocenters. The van der Waals surface area contributed by atoms with Crippen LogP contribution in [0.2, 0.25) is 0 Å². The van der Waals surface area contributed by atoms with Crippen LogP contribution in [0.1, 0.15) is 38.2 Å². The number of aromatic nitrogens is 2. The van der Waals surface area contributed by atoms with E-state index in [4.69, 9.17) is 0 Å². The van der Waals surface area contributed by atoms with Gasteiger partial charge >= 0.3 is 6.18 Å². The molecule has 0 bridgehead atoms. The first kappa shape index (κ1) is 15.3. The highest BCUT2D eigenvalue weighted by Gasteiger charge is 2.33. The van der Waals surface area contributed by atoms with Crippen molar-refractivity contribution in [1.82, 2.24) is 15.1 Å². The van der Waals surface area contributed by atoms with Crippen LogP contribution >= 0.6 is 0 Å². The van der Waals surface area contributed by atoms with Crippen LogP contribution in [0.25, 0.3) is 0 Å². The first-order valence-corrected chi connectivity index (χ1v) is 6.81. The maximum Gasteiger partial charge on any atom is 0.419 e. The van der Waals surface area contributed by atoms with E-state index in [-0.39, 0.29) is 12.1 Å². The lowest BCUT2D eigenvalue weighted by Gasteiger charge is -2.29. The third-order valence-corrected chi connectivity index (χ3v) is 3.56. The van der Waals surface area contributed by atoms with Crippen molar-refractivity contribution >= 4 is 0 Å². The Bertz CT molecular complexity index is 442. The van der Waals surface area contributed by atoms with Crippen molar-refractivity contribution < 1.29 is 18.3 Å². The number of aliphatic hydroxyl groups excluding tert-OH is 1. The molecule has 1 aliphatic carbocycles. The Kier molecular flexibility index (Phi) is 4.39. The van der Waals surface area contributed by atoms with Gasteiger partial charge in [-0.3, -0.25) is 4.68 Å². The van der Waals surface area contributed by atoms with Gasteiger partial charge in [0.2, 0.25) is 0 Å². The second-order valence-corrected chi connectivity index (χ2v) is 5.73. The molecule has 20 heavy (non-hydrogen) atoms. The smallest absolute Gasteiger partial charge is 0.394 e. The van der Waals surface area contributed by atoms with E-state index < -0.39 is 11.7 Å². The van der Waals surface area contributed by atoms with Crippen LogP contribution in [0.5, 0.6) is 0 Å². The first-order chi connectivity index (χ1) is 9.32. The van der Waals surface area contributed by atoms with Crippen LogP contribution < -0.4 is 5.32 Å². The topological polar surface area (TPSA) is 50.1 Å². The minimum atomic E-state index is -4.34. The normalized spacial score (nSPS) is 19.1. The second-order valence-electron chi connectivity index (χ2n) is 5.73. The third kappa shape index (κ3) is 4.21. The van der Waals surface area contributed by atoms with E-state index in [0.717, 1.165) is 25.2 Å². The van der Waals surface area contributed by atoms with Crippen molar-refractivity contribution in [3.8, 4) is 0 Å². The van der Waals surface area contributed by atoms with Gasteiger partial charge in [0.25, 0.3) is 0 Å². The number of hydrogen-bond donors (Lipinski definition) is 2. The molecule has 7 heteroatoms. The minimum absolute atomic E-state index is 0.0242. The summed E-state index contributed by atoms with van der Waals surface area (Å²) < 4.78 is 38.6. The van der Waals surface area contributed by atoms with Crippen molar-refractivity contribution in [2.75, 3.05) is 6.61 Å². The predicted molar refractivity (Wildman–Crippen MR) is 68.1 cm³/mol. The van der Waals surface area contributed by atoms with E-state index in [9.17, 15) is 18.3 Å². The molecule has 1 heterocycles. The Balaban J connectivity index is 1.81. The van der Waals surface area contributed by atoms with Crippen molar-refractivity contribution in [2.45, 2.75) is 56.9 Å². The number of aliphatic hydroxyl groups is 1. The lowest BCUT2D eigenvalue weighted by atomic mass is 9.96. The van der Waals surface area contributed by atoms with Crippen molar-refractivity contribution in [3.63, 3.8) is 0 Å². The highest BCUT2D eigenvalue weighted by atomic mass is 19.4. The molecule has 0 radical (unpaired) electrons. The van der Waals surface area contributed by atoms with Gasteiger partial charge in [0.1, 0.15) is 0 Å². The average molecular weight is 291 g/mol. The molecular formula is C13H20F3N3O. The molecule has 1 saturated carbocycles. The van der Waals surface area contributed by atoms with Crippen LogP contribution in [-0.4, -0.2) is 33.1 Å². The summed E-state index contributed by atoms with van der Waals surface area (Å²) in [7, 11) is 0. The van der Waals surface area contributed by atoms with E-state index in [1.165, 1.54) is 4.68 Å². The van der Waals surface area contributed by atoms with E-state index in [1.54, 1.807) is 0 Å². The molecule has 1 aromatic heterocycles. The second kappa shape index (κ2) is 5.73. The standard InChI is InChI=1S/C13H20F3N3O/c1-12(9-20,18-11-3-4-11)5-2-6-19-8-10(7-17-19)13(14,15)16/h7-8,11,18,20H,2-6,9H2,1H3. The highest BCUT2D eigenvalue weighted by molar-refractivity contribution is 5.08. The Morgan fingerprint density at radius 3 is 2.65 bits per heavy atom. The number of halogens is 3. The SMILES string of the molecule is CC(CO)(CCCn1cc(C(F)(F)F)cn1)NC1CC1. The molecular weight excluding hydrogens is 271 g/mol. The summed E-state index contributed by atoms with van der Waals surface area (Å²) in [6.45, 7) is 2.38. The molecule has 2 N–H and O–H groups in total. The van der Waals surface area contributed by atoms with Crippen LogP contribution in [0.4, 0.5) is 13.2 Å². The van der Waals surface area contributed by atoms with Gasteiger partial charge in [0.15, 0.2) is 0 Å². The molecule has 4 nitrogen and oxygen atoms in total. The van der Waals surface area contributed by atoms with Gasteiger partial charge in [-0.2, -0.15) is 18.3 Å². The molecule has 0 aliphatic heterocycles. The van der Waals surface area contributed by atoms with Gasteiger partial charge < -0.3 is 10.4 Å². The fourth-order valence-electron chi connectivity index (χ4n) is 2.18.